The molecular weight excluding hydrogens is 424 g/mol. The number of hydrogen-bond donors (Lipinski definition) is 1. The molecule has 0 radical (unpaired) electrons. The summed E-state index contributed by atoms with van der Waals surface area (Å²) in [5, 5.41) is 4.48. The molecule has 0 spiro atoms. The lowest BCUT2D eigenvalue weighted by Gasteiger charge is -2.13. The minimum atomic E-state index is -0.136. The second-order valence-electron chi connectivity index (χ2n) is 7.60. The predicted molar refractivity (Wildman–Crippen MR) is 129 cm³/mol. The fourth-order valence-corrected chi connectivity index (χ4v) is 3.89. The van der Waals surface area contributed by atoms with E-state index in [1.807, 2.05) is 38.1 Å². The highest BCUT2D eigenvalue weighted by Crippen LogP contribution is 2.31. The zero-order valence-electron chi connectivity index (χ0n) is 18.4. The molecule has 164 valence electrons. The molecule has 0 aliphatic rings. The fraction of sp³-hybridized carbons (Fsp3) is 0.292. The Morgan fingerprint density at radius 2 is 1.91 bits per heavy atom. The van der Waals surface area contributed by atoms with Gasteiger partial charge in [0.15, 0.2) is 0 Å². The van der Waals surface area contributed by atoms with Gasteiger partial charge in [-0.1, -0.05) is 37.1 Å². The topological polar surface area (TPSA) is 85.6 Å². The van der Waals surface area contributed by atoms with Crippen molar-refractivity contribution in [3.05, 3.63) is 63.9 Å². The number of nitrogens with one attached hydrogen (secondary N) is 1. The van der Waals surface area contributed by atoms with E-state index < -0.39 is 0 Å². The van der Waals surface area contributed by atoms with Crippen molar-refractivity contribution in [2.24, 2.45) is 0 Å². The van der Waals surface area contributed by atoms with E-state index in [9.17, 15) is 4.79 Å². The summed E-state index contributed by atoms with van der Waals surface area (Å²) in [5.74, 6) is 0.530. The number of pyridine rings is 1. The number of aryl methyl sites for hydroxylation is 2. The third-order valence-corrected chi connectivity index (χ3v) is 5.58. The van der Waals surface area contributed by atoms with Gasteiger partial charge < -0.3 is 5.32 Å². The second kappa shape index (κ2) is 9.44. The van der Waals surface area contributed by atoms with Crippen LogP contribution in [0.4, 0.5) is 5.95 Å². The van der Waals surface area contributed by atoms with Crippen LogP contribution in [0.5, 0.6) is 0 Å². The minimum Gasteiger partial charge on any atom is -0.354 e. The SMILES string of the molecule is CCCCNc1ncc2cc(-c3ccc(-c4cncc(C)n4)cc3Cl)c(=O)n(CC)c2n1. The molecular formula is C24H25ClN6O. The monoisotopic (exact) mass is 448 g/mol. The number of fused-ring (bicyclic) bond motifs is 1. The number of rotatable bonds is 7. The van der Waals surface area contributed by atoms with Crippen LogP contribution in [-0.4, -0.2) is 31.0 Å². The number of nitrogens with zero attached hydrogens (tertiary/aromatic N) is 5. The average Bonchev–Trinajstić information content (AvgIpc) is 2.79. The van der Waals surface area contributed by atoms with Crippen LogP contribution in [0.25, 0.3) is 33.4 Å². The lowest BCUT2D eigenvalue weighted by Crippen LogP contribution is -2.22. The Hall–Kier alpha value is -3.32. The average molecular weight is 449 g/mol. The van der Waals surface area contributed by atoms with Crippen LogP contribution in [-0.2, 0) is 6.54 Å². The highest BCUT2D eigenvalue weighted by atomic mass is 35.5. The summed E-state index contributed by atoms with van der Waals surface area (Å²) >= 11 is 6.63. The van der Waals surface area contributed by atoms with Crippen molar-refractivity contribution in [3.63, 3.8) is 0 Å². The summed E-state index contributed by atoms with van der Waals surface area (Å²) in [6.45, 7) is 7.23. The lowest BCUT2D eigenvalue weighted by molar-refractivity contribution is 0.749. The first-order valence-corrected chi connectivity index (χ1v) is 11.1. The standard InChI is InChI=1S/C24H25ClN6O/c1-4-6-9-27-24-28-13-17-10-19(23(32)31(5-2)22(17)30-24)18-8-7-16(11-20(18)25)21-14-26-12-15(3)29-21/h7-8,10-14H,4-6,9H2,1-3H3,(H,27,28,30). The second-order valence-corrected chi connectivity index (χ2v) is 8.01. The quantitative estimate of drug-likeness (QED) is 0.395. The van der Waals surface area contributed by atoms with Gasteiger partial charge in [0.25, 0.3) is 5.56 Å². The number of anilines is 1. The summed E-state index contributed by atoms with van der Waals surface area (Å²) in [6.07, 6.45) is 7.26. The maximum absolute atomic E-state index is 13.3. The highest BCUT2D eigenvalue weighted by molar-refractivity contribution is 6.33. The van der Waals surface area contributed by atoms with Gasteiger partial charge in [0.05, 0.1) is 17.6 Å². The van der Waals surface area contributed by atoms with Gasteiger partial charge in [0.1, 0.15) is 5.65 Å². The lowest BCUT2D eigenvalue weighted by atomic mass is 10.0. The predicted octanol–water partition coefficient (Wildman–Crippen LogP) is 5.11. The molecule has 1 N–H and O–H groups in total. The maximum Gasteiger partial charge on any atom is 0.260 e. The molecule has 0 fully saturated rings. The Bertz CT molecular complexity index is 1330. The molecule has 0 bridgehead atoms. The summed E-state index contributed by atoms with van der Waals surface area (Å²) in [5.41, 5.74) is 4.06. The van der Waals surface area contributed by atoms with Crippen molar-refractivity contribution in [1.29, 1.82) is 0 Å². The molecule has 0 unspecified atom stereocenters. The van der Waals surface area contributed by atoms with Gasteiger partial charge in [0.2, 0.25) is 5.95 Å². The summed E-state index contributed by atoms with van der Waals surface area (Å²) in [4.78, 5) is 31.0. The van der Waals surface area contributed by atoms with E-state index in [2.05, 4.69) is 32.2 Å². The third-order valence-electron chi connectivity index (χ3n) is 5.27. The molecule has 4 aromatic rings. The number of unbranched alkanes of at least 4 members (excludes halogenated alkanes) is 1. The molecule has 0 aliphatic heterocycles. The Labute approximate surface area is 191 Å². The van der Waals surface area contributed by atoms with E-state index in [1.54, 1.807) is 23.2 Å². The first-order valence-electron chi connectivity index (χ1n) is 10.7. The summed E-state index contributed by atoms with van der Waals surface area (Å²) in [7, 11) is 0. The number of benzene rings is 1. The van der Waals surface area contributed by atoms with Gasteiger partial charge in [-0.3, -0.25) is 14.3 Å². The molecule has 0 atom stereocenters. The Morgan fingerprint density at radius 3 is 2.62 bits per heavy atom. The van der Waals surface area contributed by atoms with E-state index in [4.69, 9.17) is 11.6 Å². The molecule has 8 heteroatoms. The molecule has 0 saturated heterocycles. The Morgan fingerprint density at radius 1 is 1.06 bits per heavy atom. The van der Waals surface area contributed by atoms with Crippen molar-refractivity contribution in [2.75, 3.05) is 11.9 Å². The molecule has 3 aromatic heterocycles. The normalized spacial score (nSPS) is 11.1. The van der Waals surface area contributed by atoms with Crippen molar-refractivity contribution in [2.45, 2.75) is 40.2 Å². The third kappa shape index (κ3) is 4.34. The molecule has 0 aliphatic carbocycles. The smallest absolute Gasteiger partial charge is 0.260 e. The van der Waals surface area contributed by atoms with E-state index in [-0.39, 0.29) is 5.56 Å². The molecule has 0 amide bonds. The van der Waals surface area contributed by atoms with E-state index in [0.717, 1.165) is 41.7 Å². The van der Waals surface area contributed by atoms with Crippen LogP contribution in [0.15, 0.2) is 47.7 Å². The summed E-state index contributed by atoms with van der Waals surface area (Å²) < 4.78 is 1.66. The van der Waals surface area contributed by atoms with Crippen LogP contribution >= 0.6 is 11.6 Å². The summed E-state index contributed by atoms with van der Waals surface area (Å²) in [6, 6.07) is 7.39. The van der Waals surface area contributed by atoms with Gasteiger partial charge in [-0.2, -0.15) is 4.98 Å². The zero-order chi connectivity index (χ0) is 22.7. The number of halogens is 1. The van der Waals surface area contributed by atoms with E-state index in [0.29, 0.717) is 34.3 Å². The Balaban J connectivity index is 1.78. The van der Waals surface area contributed by atoms with Gasteiger partial charge in [-0.05, 0) is 32.4 Å². The number of aromatic nitrogens is 5. The molecule has 32 heavy (non-hydrogen) atoms. The first kappa shape index (κ1) is 21.9. The fourth-order valence-electron chi connectivity index (χ4n) is 3.60. The van der Waals surface area contributed by atoms with Crippen molar-refractivity contribution >= 4 is 28.6 Å². The molecule has 0 saturated carbocycles. The zero-order valence-corrected chi connectivity index (χ0v) is 19.1. The van der Waals surface area contributed by atoms with Crippen LogP contribution < -0.4 is 10.9 Å². The van der Waals surface area contributed by atoms with Crippen molar-refractivity contribution in [1.82, 2.24) is 24.5 Å². The Kier molecular flexibility index (Phi) is 6.46. The minimum absolute atomic E-state index is 0.136. The van der Waals surface area contributed by atoms with Gasteiger partial charge >= 0.3 is 0 Å². The maximum atomic E-state index is 13.3. The molecule has 4 rings (SSSR count). The van der Waals surface area contributed by atoms with Gasteiger partial charge in [-0.15, -0.1) is 0 Å². The highest BCUT2D eigenvalue weighted by Gasteiger charge is 2.15. The van der Waals surface area contributed by atoms with E-state index in [1.165, 1.54) is 0 Å². The van der Waals surface area contributed by atoms with Gasteiger partial charge in [0, 0.05) is 52.6 Å². The largest absolute Gasteiger partial charge is 0.354 e. The molecule has 7 nitrogen and oxygen atoms in total. The van der Waals surface area contributed by atoms with Crippen LogP contribution in [0.3, 0.4) is 0 Å². The number of hydrogen-bond acceptors (Lipinski definition) is 6. The molecule has 1 aromatic carbocycles. The van der Waals surface area contributed by atoms with Crippen molar-refractivity contribution < 1.29 is 0 Å². The van der Waals surface area contributed by atoms with Crippen LogP contribution in [0, 0.1) is 6.92 Å². The van der Waals surface area contributed by atoms with Crippen LogP contribution in [0.1, 0.15) is 32.4 Å². The van der Waals surface area contributed by atoms with E-state index >= 15 is 0 Å². The van der Waals surface area contributed by atoms with Gasteiger partial charge in [-0.25, -0.2) is 9.97 Å². The first-order chi connectivity index (χ1) is 15.5. The van der Waals surface area contributed by atoms with Crippen molar-refractivity contribution in [3.8, 4) is 22.4 Å². The molecule has 3 heterocycles. The van der Waals surface area contributed by atoms with Crippen LogP contribution in [0.2, 0.25) is 5.02 Å².